The molecule has 1 atom stereocenters. The van der Waals surface area contributed by atoms with Crippen LogP contribution in [0.4, 0.5) is 5.69 Å². The summed E-state index contributed by atoms with van der Waals surface area (Å²) in [6.07, 6.45) is 2.55. The molecule has 1 fully saturated rings. The Bertz CT molecular complexity index is 371. The van der Waals surface area contributed by atoms with E-state index in [0.29, 0.717) is 6.04 Å². The molecular weight excluding hydrogens is 196 g/mol. The van der Waals surface area contributed by atoms with Gasteiger partial charge < -0.3 is 10.2 Å². The van der Waals surface area contributed by atoms with Gasteiger partial charge in [0.1, 0.15) is 0 Å². The molecule has 3 rings (SSSR count). The van der Waals surface area contributed by atoms with Crippen molar-refractivity contribution in [2.75, 3.05) is 24.5 Å². The predicted molar refractivity (Wildman–Crippen MR) is 67.9 cm³/mol. The summed E-state index contributed by atoms with van der Waals surface area (Å²) < 4.78 is 0. The maximum absolute atomic E-state index is 3.36. The number of anilines is 1. The van der Waals surface area contributed by atoms with Gasteiger partial charge in [0.15, 0.2) is 0 Å². The summed E-state index contributed by atoms with van der Waals surface area (Å²) in [4.78, 5) is 2.62. The van der Waals surface area contributed by atoms with Gasteiger partial charge in [0.2, 0.25) is 0 Å². The number of para-hydroxylation sites is 1. The second kappa shape index (κ2) is 4.10. The lowest BCUT2D eigenvalue weighted by Gasteiger charge is -2.41. The number of aryl methyl sites for hydroxylation is 1. The van der Waals surface area contributed by atoms with E-state index in [9.17, 15) is 0 Å². The minimum Gasteiger partial charge on any atom is -0.368 e. The van der Waals surface area contributed by atoms with Gasteiger partial charge in [0.05, 0.1) is 0 Å². The maximum Gasteiger partial charge on any atom is 0.0401 e. The van der Waals surface area contributed by atoms with Crippen LogP contribution in [0.15, 0.2) is 24.3 Å². The summed E-state index contributed by atoms with van der Waals surface area (Å²) in [5, 5.41) is 3.36. The molecule has 86 valence electrons. The van der Waals surface area contributed by atoms with Crippen LogP contribution in [0.3, 0.4) is 0 Å². The summed E-state index contributed by atoms with van der Waals surface area (Å²) in [5.41, 5.74) is 3.01. The van der Waals surface area contributed by atoms with E-state index in [1.807, 2.05) is 0 Å². The zero-order valence-electron chi connectivity index (χ0n) is 9.95. The normalized spacial score (nSPS) is 25.1. The fraction of sp³-hybridized carbons (Fsp3) is 0.571. The number of rotatable bonds is 2. The van der Waals surface area contributed by atoms with Crippen LogP contribution in [0.25, 0.3) is 0 Å². The topological polar surface area (TPSA) is 15.3 Å². The molecule has 2 heterocycles. The fourth-order valence-corrected chi connectivity index (χ4v) is 2.79. The van der Waals surface area contributed by atoms with Crippen LogP contribution < -0.4 is 10.2 Å². The molecule has 0 spiro atoms. The molecule has 2 aliphatic rings. The van der Waals surface area contributed by atoms with E-state index in [-0.39, 0.29) is 0 Å². The van der Waals surface area contributed by atoms with E-state index in [2.05, 4.69) is 41.4 Å². The highest BCUT2D eigenvalue weighted by atomic mass is 15.2. The number of benzene rings is 1. The predicted octanol–water partition coefficient (Wildman–Crippen LogP) is 2.05. The van der Waals surface area contributed by atoms with E-state index in [4.69, 9.17) is 0 Å². The maximum atomic E-state index is 3.36. The van der Waals surface area contributed by atoms with Gasteiger partial charge in [-0.2, -0.15) is 0 Å². The standard InChI is InChI=1S/C14H20N2/c1-11-6-7-13-4-2-3-5-14(13)16(11)10-12-8-15-9-12/h2-5,11-12,15H,6-10H2,1H3. The lowest BCUT2D eigenvalue weighted by molar-refractivity contribution is 0.336. The Morgan fingerprint density at radius 1 is 1.31 bits per heavy atom. The first-order valence-electron chi connectivity index (χ1n) is 6.40. The van der Waals surface area contributed by atoms with Gasteiger partial charge in [0.25, 0.3) is 0 Å². The highest BCUT2D eigenvalue weighted by molar-refractivity contribution is 5.56. The summed E-state index contributed by atoms with van der Waals surface area (Å²) in [6, 6.07) is 9.61. The molecule has 1 saturated heterocycles. The smallest absolute Gasteiger partial charge is 0.0401 e. The number of hydrogen-bond acceptors (Lipinski definition) is 2. The molecular formula is C14H20N2. The lowest BCUT2D eigenvalue weighted by Crippen LogP contribution is -2.51. The van der Waals surface area contributed by atoms with Gasteiger partial charge in [0, 0.05) is 37.3 Å². The summed E-state index contributed by atoms with van der Waals surface area (Å²) >= 11 is 0. The van der Waals surface area contributed by atoms with Gasteiger partial charge in [-0.1, -0.05) is 18.2 Å². The van der Waals surface area contributed by atoms with E-state index in [1.54, 1.807) is 0 Å². The molecule has 1 unspecified atom stereocenters. The van der Waals surface area contributed by atoms with E-state index >= 15 is 0 Å². The second-order valence-electron chi connectivity index (χ2n) is 5.19. The van der Waals surface area contributed by atoms with E-state index in [0.717, 1.165) is 5.92 Å². The third kappa shape index (κ3) is 1.71. The summed E-state index contributed by atoms with van der Waals surface area (Å²) in [6.45, 7) is 5.99. The van der Waals surface area contributed by atoms with Crippen molar-refractivity contribution in [1.29, 1.82) is 0 Å². The zero-order chi connectivity index (χ0) is 11.0. The van der Waals surface area contributed by atoms with Crippen molar-refractivity contribution in [3.05, 3.63) is 29.8 Å². The van der Waals surface area contributed by atoms with Crippen molar-refractivity contribution in [3.8, 4) is 0 Å². The third-order valence-corrected chi connectivity index (χ3v) is 3.99. The highest BCUT2D eigenvalue weighted by Crippen LogP contribution is 2.31. The summed E-state index contributed by atoms with van der Waals surface area (Å²) in [7, 11) is 0. The molecule has 0 aliphatic carbocycles. The molecule has 0 amide bonds. The lowest BCUT2D eigenvalue weighted by atomic mass is 9.94. The average molecular weight is 216 g/mol. The van der Waals surface area contributed by atoms with Crippen molar-refractivity contribution in [1.82, 2.24) is 5.32 Å². The van der Waals surface area contributed by atoms with Gasteiger partial charge in [-0.15, -0.1) is 0 Å². The first-order valence-corrected chi connectivity index (χ1v) is 6.40. The molecule has 0 aromatic heterocycles. The van der Waals surface area contributed by atoms with Crippen molar-refractivity contribution in [2.45, 2.75) is 25.8 Å². The molecule has 1 aromatic carbocycles. The van der Waals surface area contributed by atoms with Crippen LogP contribution in [-0.2, 0) is 6.42 Å². The van der Waals surface area contributed by atoms with E-state index in [1.165, 1.54) is 43.7 Å². The Balaban J connectivity index is 1.84. The van der Waals surface area contributed by atoms with Crippen LogP contribution in [0, 0.1) is 5.92 Å². The molecule has 0 bridgehead atoms. The minimum absolute atomic E-state index is 0.704. The number of nitrogens with one attached hydrogen (secondary N) is 1. The molecule has 2 nitrogen and oxygen atoms in total. The van der Waals surface area contributed by atoms with Gasteiger partial charge >= 0.3 is 0 Å². The molecule has 2 heteroatoms. The Hall–Kier alpha value is -1.02. The molecule has 0 radical (unpaired) electrons. The first-order chi connectivity index (χ1) is 7.84. The number of nitrogens with zero attached hydrogens (tertiary/aromatic N) is 1. The minimum atomic E-state index is 0.704. The Morgan fingerprint density at radius 2 is 2.12 bits per heavy atom. The van der Waals surface area contributed by atoms with Crippen molar-refractivity contribution < 1.29 is 0 Å². The molecule has 16 heavy (non-hydrogen) atoms. The number of fused-ring (bicyclic) bond motifs is 1. The van der Waals surface area contributed by atoms with Crippen LogP contribution in [0.1, 0.15) is 18.9 Å². The van der Waals surface area contributed by atoms with Crippen molar-refractivity contribution >= 4 is 5.69 Å². The van der Waals surface area contributed by atoms with E-state index < -0.39 is 0 Å². The second-order valence-corrected chi connectivity index (χ2v) is 5.19. The van der Waals surface area contributed by atoms with Crippen LogP contribution >= 0.6 is 0 Å². The molecule has 1 N–H and O–H groups in total. The van der Waals surface area contributed by atoms with Gasteiger partial charge in [-0.05, 0) is 31.4 Å². The van der Waals surface area contributed by atoms with Crippen molar-refractivity contribution in [2.24, 2.45) is 5.92 Å². The van der Waals surface area contributed by atoms with Crippen LogP contribution in [0.2, 0.25) is 0 Å². The summed E-state index contributed by atoms with van der Waals surface area (Å²) in [5.74, 6) is 0.855. The Morgan fingerprint density at radius 3 is 2.88 bits per heavy atom. The molecule has 1 aromatic rings. The third-order valence-electron chi connectivity index (χ3n) is 3.99. The largest absolute Gasteiger partial charge is 0.368 e. The monoisotopic (exact) mass is 216 g/mol. The average Bonchev–Trinajstić information content (AvgIpc) is 2.25. The van der Waals surface area contributed by atoms with Crippen LogP contribution in [0.5, 0.6) is 0 Å². The van der Waals surface area contributed by atoms with Gasteiger partial charge in [-0.25, -0.2) is 0 Å². The zero-order valence-corrected chi connectivity index (χ0v) is 9.95. The Kier molecular flexibility index (Phi) is 2.60. The highest BCUT2D eigenvalue weighted by Gasteiger charge is 2.27. The van der Waals surface area contributed by atoms with Gasteiger partial charge in [-0.3, -0.25) is 0 Å². The fourth-order valence-electron chi connectivity index (χ4n) is 2.79. The Labute approximate surface area is 97.6 Å². The number of hydrogen-bond donors (Lipinski definition) is 1. The van der Waals surface area contributed by atoms with Crippen LogP contribution in [-0.4, -0.2) is 25.7 Å². The first kappa shape index (κ1) is 10.2. The SMILES string of the molecule is CC1CCc2ccccc2N1CC1CNC1. The molecule has 0 saturated carbocycles. The molecule has 2 aliphatic heterocycles. The van der Waals surface area contributed by atoms with Crippen molar-refractivity contribution in [3.63, 3.8) is 0 Å². The quantitative estimate of drug-likeness (QED) is 0.814.